The number of hydrogen-bond acceptors (Lipinski definition) is 2. The first-order chi connectivity index (χ1) is 13.3. The number of rotatable bonds is 1. The van der Waals surface area contributed by atoms with Gasteiger partial charge in [-0.3, -0.25) is 0 Å². The molecule has 2 N–H and O–H groups in total. The van der Waals surface area contributed by atoms with Gasteiger partial charge in [0.25, 0.3) is 0 Å². The number of hydrogen-bond donors (Lipinski definition) is 2. The zero-order valence-electron chi connectivity index (χ0n) is 17.6. The highest BCUT2D eigenvalue weighted by atomic mass is 28.3. The van der Waals surface area contributed by atoms with Crippen molar-refractivity contribution in [3.63, 3.8) is 0 Å². The summed E-state index contributed by atoms with van der Waals surface area (Å²) in [7, 11) is -0.854. The Balaban J connectivity index is 1.79. The van der Waals surface area contributed by atoms with Crippen molar-refractivity contribution in [3.05, 3.63) is 35.5 Å². The van der Waals surface area contributed by atoms with Crippen molar-refractivity contribution in [2.24, 2.45) is 17.3 Å². The topological polar surface area (TPSA) is 40.5 Å². The van der Waals surface area contributed by atoms with E-state index in [0.29, 0.717) is 24.7 Å². The molecule has 0 saturated heterocycles. The van der Waals surface area contributed by atoms with Gasteiger partial charge in [0.1, 0.15) is 8.80 Å². The Morgan fingerprint density at radius 3 is 2.71 bits per heavy atom. The second-order valence-electron chi connectivity index (χ2n) is 9.30. The fourth-order valence-corrected chi connectivity index (χ4v) is 5.61. The van der Waals surface area contributed by atoms with Gasteiger partial charge in [-0.15, -0.1) is 5.54 Å². The summed E-state index contributed by atoms with van der Waals surface area (Å²) in [6.45, 7) is 10.9. The van der Waals surface area contributed by atoms with E-state index in [2.05, 4.69) is 62.1 Å². The molecule has 0 aromatic heterocycles. The standard InChI is InChI=1S/C25H34O2Si/c1-18-20(16-22(26)17-24(18)27)11-10-19-8-7-14-25(2)21(12-13-23(19)25)9-5-6-15-28(3)4/h10-11,21-24,26-28H,1,7-8,12-14,16-17H2,2-4H3/b19-10+,20-11-/t21-,22+,23-,24-,25+/m0/s1. The number of allylic oxidation sites excluding steroid dienone is 3. The maximum Gasteiger partial charge on any atom is 0.118 e. The Hall–Kier alpha value is -1.52. The Morgan fingerprint density at radius 2 is 1.96 bits per heavy atom. The monoisotopic (exact) mass is 394 g/mol. The van der Waals surface area contributed by atoms with Crippen LogP contribution in [0.2, 0.25) is 13.1 Å². The van der Waals surface area contributed by atoms with Gasteiger partial charge in [0.2, 0.25) is 0 Å². The lowest BCUT2D eigenvalue weighted by Crippen LogP contribution is -2.32. The zero-order valence-corrected chi connectivity index (χ0v) is 18.7. The minimum atomic E-state index is -0.854. The SMILES string of the molecule is C=C1/C(=C\C=C2/CCC[C@]3(C)[C@@H](C#CC#C[SiH](C)C)CC[C@@H]23)C[C@@H](O)C[C@@H]1O. The van der Waals surface area contributed by atoms with Gasteiger partial charge in [-0.2, -0.15) is 0 Å². The minimum absolute atomic E-state index is 0.245. The Kier molecular flexibility index (Phi) is 6.72. The van der Waals surface area contributed by atoms with Crippen molar-refractivity contribution in [2.75, 3.05) is 0 Å². The molecule has 0 spiro atoms. The van der Waals surface area contributed by atoms with Crippen LogP contribution in [0.4, 0.5) is 0 Å². The van der Waals surface area contributed by atoms with Crippen LogP contribution in [0.25, 0.3) is 0 Å². The van der Waals surface area contributed by atoms with E-state index in [0.717, 1.165) is 24.0 Å². The van der Waals surface area contributed by atoms with Crippen LogP contribution in [0.3, 0.4) is 0 Å². The lowest BCUT2D eigenvalue weighted by atomic mass is 9.63. The van der Waals surface area contributed by atoms with Crippen molar-refractivity contribution in [2.45, 2.75) is 77.2 Å². The average Bonchev–Trinajstić information content (AvgIpc) is 2.97. The molecule has 28 heavy (non-hydrogen) atoms. The van der Waals surface area contributed by atoms with Crippen molar-refractivity contribution >= 4 is 8.80 Å². The summed E-state index contributed by atoms with van der Waals surface area (Å²) in [5.41, 5.74) is 6.79. The molecule has 3 fully saturated rings. The maximum atomic E-state index is 10.1. The molecule has 0 amide bonds. The van der Waals surface area contributed by atoms with Gasteiger partial charge >= 0.3 is 0 Å². The van der Waals surface area contributed by atoms with Crippen LogP contribution >= 0.6 is 0 Å². The van der Waals surface area contributed by atoms with Crippen LogP contribution in [-0.2, 0) is 0 Å². The van der Waals surface area contributed by atoms with E-state index in [1.165, 1.54) is 24.8 Å². The van der Waals surface area contributed by atoms with Gasteiger partial charge in [-0.1, -0.05) is 50.2 Å². The van der Waals surface area contributed by atoms with Gasteiger partial charge in [-0.25, -0.2) is 0 Å². The van der Waals surface area contributed by atoms with Gasteiger partial charge < -0.3 is 10.2 Å². The lowest BCUT2D eigenvalue weighted by molar-refractivity contribution is 0.0862. The number of fused-ring (bicyclic) bond motifs is 1. The third-order valence-corrected chi connectivity index (χ3v) is 7.62. The molecule has 0 bridgehead atoms. The van der Waals surface area contributed by atoms with E-state index in [-0.39, 0.29) is 5.41 Å². The summed E-state index contributed by atoms with van der Waals surface area (Å²) >= 11 is 0. The van der Waals surface area contributed by atoms with Crippen molar-refractivity contribution < 1.29 is 10.2 Å². The van der Waals surface area contributed by atoms with E-state index in [1.807, 2.05) is 0 Å². The van der Waals surface area contributed by atoms with E-state index < -0.39 is 21.0 Å². The molecule has 0 aromatic rings. The van der Waals surface area contributed by atoms with Crippen LogP contribution in [0.5, 0.6) is 0 Å². The van der Waals surface area contributed by atoms with Gasteiger partial charge in [0, 0.05) is 12.3 Å². The fourth-order valence-electron chi connectivity index (χ4n) is 5.25. The maximum absolute atomic E-state index is 10.1. The fraction of sp³-hybridized carbons (Fsp3) is 0.600. The molecule has 3 aliphatic carbocycles. The molecule has 3 rings (SSSR count). The van der Waals surface area contributed by atoms with Crippen LogP contribution in [0, 0.1) is 40.6 Å². The van der Waals surface area contributed by atoms with Gasteiger partial charge in [-0.05, 0) is 72.8 Å². The molecule has 3 saturated carbocycles. The Bertz CT molecular complexity index is 798. The van der Waals surface area contributed by atoms with E-state index in [1.54, 1.807) is 0 Å². The third kappa shape index (κ3) is 4.55. The summed E-state index contributed by atoms with van der Waals surface area (Å²) in [6, 6.07) is 0. The summed E-state index contributed by atoms with van der Waals surface area (Å²) in [4.78, 5) is 0. The molecule has 0 aliphatic heterocycles. The molecule has 5 atom stereocenters. The summed E-state index contributed by atoms with van der Waals surface area (Å²) in [5.74, 6) is 10.8. The highest BCUT2D eigenvalue weighted by molar-refractivity contribution is 6.64. The van der Waals surface area contributed by atoms with Crippen LogP contribution in [0.15, 0.2) is 35.5 Å². The zero-order chi connectivity index (χ0) is 20.3. The smallest absolute Gasteiger partial charge is 0.118 e. The molecule has 0 heterocycles. The summed E-state index contributed by atoms with van der Waals surface area (Å²) < 4.78 is 0. The third-order valence-electron chi connectivity index (χ3n) is 6.90. The van der Waals surface area contributed by atoms with Crippen LogP contribution in [-0.4, -0.2) is 31.2 Å². The predicted octanol–water partition coefficient (Wildman–Crippen LogP) is 4.16. The molecular weight excluding hydrogens is 360 g/mol. The first-order valence-corrected chi connectivity index (χ1v) is 13.7. The molecular formula is C25H34O2Si. The first kappa shape index (κ1) is 21.2. The quantitative estimate of drug-likeness (QED) is 0.518. The molecule has 2 nitrogen and oxygen atoms in total. The largest absolute Gasteiger partial charge is 0.393 e. The second-order valence-corrected chi connectivity index (χ2v) is 11.9. The molecule has 3 aliphatic rings. The van der Waals surface area contributed by atoms with Crippen LogP contribution in [0.1, 0.15) is 51.9 Å². The summed E-state index contributed by atoms with van der Waals surface area (Å²) in [5, 5.41) is 20.1. The Morgan fingerprint density at radius 1 is 1.18 bits per heavy atom. The number of aliphatic hydroxyl groups is 2. The molecule has 0 unspecified atom stereocenters. The Labute approximate surface area is 172 Å². The molecule has 0 aromatic carbocycles. The summed E-state index contributed by atoms with van der Waals surface area (Å²) in [6.07, 6.45) is 10.2. The van der Waals surface area contributed by atoms with E-state index >= 15 is 0 Å². The van der Waals surface area contributed by atoms with Crippen molar-refractivity contribution in [1.29, 1.82) is 0 Å². The van der Waals surface area contributed by atoms with E-state index in [4.69, 9.17) is 0 Å². The van der Waals surface area contributed by atoms with E-state index in [9.17, 15) is 10.2 Å². The van der Waals surface area contributed by atoms with Gasteiger partial charge in [0.15, 0.2) is 0 Å². The minimum Gasteiger partial charge on any atom is -0.393 e. The predicted molar refractivity (Wildman–Crippen MR) is 119 cm³/mol. The number of aliphatic hydroxyl groups excluding tert-OH is 2. The molecule has 0 radical (unpaired) electrons. The molecule has 3 heteroatoms. The highest BCUT2D eigenvalue weighted by Gasteiger charge is 2.48. The lowest BCUT2D eigenvalue weighted by Gasteiger charge is -2.40. The normalized spacial score (nSPS) is 38.0. The second kappa shape index (κ2) is 8.87. The van der Waals surface area contributed by atoms with Crippen LogP contribution < -0.4 is 0 Å². The van der Waals surface area contributed by atoms with Crippen molar-refractivity contribution in [3.8, 4) is 23.3 Å². The van der Waals surface area contributed by atoms with Gasteiger partial charge in [0.05, 0.1) is 12.2 Å². The average molecular weight is 395 g/mol. The first-order valence-electron chi connectivity index (χ1n) is 10.8. The highest BCUT2D eigenvalue weighted by Crippen LogP contribution is 2.57. The van der Waals surface area contributed by atoms with Crippen molar-refractivity contribution in [1.82, 2.24) is 0 Å². The molecule has 150 valence electrons.